The number of hydrogen-bond acceptors (Lipinski definition) is 2. The monoisotopic (exact) mass is 451 g/mol. The van der Waals surface area contributed by atoms with Crippen molar-refractivity contribution in [2.45, 2.75) is 64.3 Å². The fourth-order valence-electron chi connectivity index (χ4n) is 8.66. The van der Waals surface area contributed by atoms with E-state index in [9.17, 15) is 4.79 Å². The molecule has 1 aromatic carbocycles. The molecule has 3 saturated carbocycles. The summed E-state index contributed by atoms with van der Waals surface area (Å²) in [6, 6.07) is 6.41. The number of benzene rings is 1. The van der Waals surface area contributed by atoms with E-state index in [2.05, 4.69) is 37.6 Å². The van der Waals surface area contributed by atoms with E-state index in [0.29, 0.717) is 23.3 Å². The van der Waals surface area contributed by atoms with E-state index in [0.717, 1.165) is 34.3 Å². The Kier molecular flexibility index (Phi) is 4.45. The number of amides is 1. The normalized spacial score (nSPS) is 41.0. The van der Waals surface area contributed by atoms with Gasteiger partial charge in [-0.1, -0.05) is 31.5 Å². The van der Waals surface area contributed by atoms with Gasteiger partial charge in [0.1, 0.15) is 5.82 Å². The van der Waals surface area contributed by atoms with Crippen molar-refractivity contribution in [2.75, 3.05) is 7.05 Å². The average Bonchev–Trinajstić information content (AvgIpc) is 3.27. The van der Waals surface area contributed by atoms with Crippen LogP contribution in [0.15, 0.2) is 30.4 Å². The molecule has 0 radical (unpaired) electrons. The van der Waals surface area contributed by atoms with Crippen LogP contribution in [0.5, 0.6) is 0 Å². The van der Waals surface area contributed by atoms with E-state index in [1.54, 1.807) is 0 Å². The zero-order valence-electron chi connectivity index (χ0n) is 19.6. The van der Waals surface area contributed by atoms with Crippen LogP contribution in [-0.2, 0) is 11.8 Å². The minimum atomic E-state index is 0.111. The van der Waals surface area contributed by atoms with Gasteiger partial charge in [-0.05, 0) is 86.0 Å². The molecule has 1 aromatic heterocycles. The molecule has 2 unspecified atom stereocenters. The van der Waals surface area contributed by atoms with Crippen LogP contribution in [0.2, 0.25) is 5.02 Å². The van der Waals surface area contributed by atoms with Gasteiger partial charge in [0, 0.05) is 36.5 Å². The Morgan fingerprint density at radius 3 is 2.69 bits per heavy atom. The van der Waals surface area contributed by atoms with Gasteiger partial charge >= 0.3 is 0 Å². The number of fused-ring (bicyclic) bond motifs is 6. The van der Waals surface area contributed by atoms with E-state index >= 15 is 0 Å². The summed E-state index contributed by atoms with van der Waals surface area (Å²) in [5.41, 5.74) is 2.60. The molecule has 4 nitrogen and oxygen atoms in total. The maximum Gasteiger partial charge on any atom is 0.246 e. The van der Waals surface area contributed by atoms with Gasteiger partial charge in [0.05, 0.1) is 11.0 Å². The Bertz CT molecular complexity index is 1140. The van der Waals surface area contributed by atoms with Crippen molar-refractivity contribution >= 4 is 28.5 Å². The minimum Gasteiger partial charge on any atom is -0.338 e. The molecular formula is C27H34ClN3O. The van der Waals surface area contributed by atoms with Gasteiger partial charge < -0.3 is 9.47 Å². The topological polar surface area (TPSA) is 38.1 Å². The second kappa shape index (κ2) is 6.85. The first-order valence-corrected chi connectivity index (χ1v) is 12.7. The maximum atomic E-state index is 12.3. The molecule has 1 aliphatic heterocycles. The van der Waals surface area contributed by atoms with Crippen molar-refractivity contribution < 1.29 is 4.79 Å². The zero-order valence-corrected chi connectivity index (χ0v) is 20.4. The zero-order chi connectivity index (χ0) is 22.4. The number of halogens is 1. The van der Waals surface area contributed by atoms with Gasteiger partial charge in [0.15, 0.2) is 0 Å². The third-order valence-corrected chi connectivity index (χ3v) is 10.6. The van der Waals surface area contributed by atoms with Crippen molar-refractivity contribution in [3.05, 3.63) is 41.2 Å². The molecule has 32 heavy (non-hydrogen) atoms. The van der Waals surface area contributed by atoms with Gasteiger partial charge in [-0.3, -0.25) is 4.79 Å². The molecule has 7 atom stereocenters. The van der Waals surface area contributed by atoms with Gasteiger partial charge in [0.2, 0.25) is 5.91 Å². The summed E-state index contributed by atoms with van der Waals surface area (Å²) in [7, 11) is 4.17. The first-order valence-electron chi connectivity index (χ1n) is 12.3. The third kappa shape index (κ3) is 2.62. The van der Waals surface area contributed by atoms with Crippen LogP contribution in [0.4, 0.5) is 0 Å². The SMILES string of the molecule is CN1C(=O)C=C[C@@]2(C)C1CC[C@@H]1[C@H]2CC[C@]2(C)C(c3nc4ccc(Cl)cc4n3C)CC[C@@H]12. The summed E-state index contributed by atoms with van der Waals surface area (Å²) in [6.45, 7) is 4.98. The molecule has 3 aliphatic carbocycles. The van der Waals surface area contributed by atoms with Crippen LogP contribution in [-0.4, -0.2) is 33.4 Å². The Morgan fingerprint density at radius 1 is 1.06 bits per heavy atom. The summed E-state index contributed by atoms with van der Waals surface area (Å²) in [5, 5.41) is 0.775. The second-order valence-electron chi connectivity index (χ2n) is 11.5. The van der Waals surface area contributed by atoms with Crippen molar-refractivity contribution in [1.29, 1.82) is 0 Å². The molecular weight excluding hydrogens is 418 g/mol. The van der Waals surface area contributed by atoms with E-state index in [4.69, 9.17) is 16.6 Å². The largest absolute Gasteiger partial charge is 0.338 e. The summed E-state index contributed by atoms with van der Waals surface area (Å²) in [4.78, 5) is 19.5. The third-order valence-electron chi connectivity index (χ3n) is 10.3. The van der Waals surface area contributed by atoms with Gasteiger partial charge in [-0.25, -0.2) is 4.98 Å². The lowest BCUT2D eigenvalue weighted by Gasteiger charge is -2.60. The van der Waals surface area contributed by atoms with Crippen LogP contribution in [0.1, 0.15) is 64.1 Å². The predicted octanol–water partition coefficient (Wildman–Crippen LogP) is 5.95. The van der Waals surface area contributed by atoms with Crippen molar-refractivity contribution in [3.8, 4) is 0 Å². The molecule has 4 aliphatic rings. The van der Waals surface area contributed by atoms with Gasteiger partial charge in [-0.15, -0.1) is 0 Å². The van der Waals surface area contributed by atoms with E-state index in [-0.39, 0.29) is 11.3 Å². The standard InChI is InChI=1S/C27H34ClN3O/c1-26-13-11-19-17(6-10-23-27(19,2)14-12-24(32)31(23)4)18(26)7-8-20(26)25-29-21-9-5-16(28)15-22(21)30(25)3/h5,9,12,14-15,17-20,23H,6-8,10-11,13H2,1-4H3/t17-,18-,19+,20?,23?,26-,27+/m0/s1. The summed E-state index contributed by atoms with van der Waals surface area (Å²) in [6.07, 6.45) is 11.5. The first kappa shape index (κ1) is 20.8. The van der Waals surface area contributed by atoms with Gasteiger partial charge in [0.25, 0.3) is 0 Å². The van der Waals surface area contributed by atoms with E-state index < -0.39 is 0 Å². The minimum absolute atomic E-state index is 0.111. The molecule has 0 bridgehead atoms. The number of aryl methyl sites for hydroxylation is 1. The molecule has 0 N–H and O–H groups in total. The molecule has 5 heteroatoms. The highest BCUT2D eigenvalue weighted by Gasteiger charge is 2.61. The number of carbonyl (C=O) groups excluding carboxylic acids is 1. The molecule has 0 saturated heterocycles. The summed E-state index contributed by atoms with van der Waals surface area (Å²) in [5.74, 6) is 4.08. The van der Waals surface area contributed by atoms with Crippen LogP contribution in [0.25, 0.3) is 11.0 Å². The highest BCUT2D eigenvalue weighted by Crippen LogP contribution is 2.67. The van der Waals surface area contributed by atoms with Crippen LogP contribution in [0, 0.1) is 28.6 Å². The smallest absolute Gasteiger partial charge is 0.246 e. The van der Waals surface area contributed by atoms with Crippen LogP contribution >= 0.6 is 11.6 Å². The fraction of sp³-hybridized carbons (Fsp3) is 0.630. The lowest BCUT2D eigenvalue weighted by atomic mass is 9.47. The number of aromatic nitrogens is 2. The number of hydrogen-bond donors (Lipinski definition) is 0. The van der Waals surface area contributed by atoms with Crippen LogP contribution in [0.3, 0.4) is 0 Å². The predicted molar refractivity (Wildman–Crippen MR) is 129 cm³/mol. The molecule has 0 spiro atoms. The van der Waals surface area contributed by atoms with E-state index in [1.165, 1.54) is 37.9 Å². The molecule has 1 amide bonds. The Labute approximate surface area is 196 Å². The molecule has 6 rings (SSSR count). The quantitative estimate of drug-likeness (QED) is 0.537. The number of imidazole rings is 1. The van der Waals surface area contributed by atoms with Crippen molar-refractivity contribution in [3.63, 3.8) is 0 Å². The molecule has 170 valence electrons. The highest BCUT2D eigenvalue weighted by molar-refractivity contribution is 6.31. The number of rotatable bonds is 1. The summed E-state index contributed by atoms with van der Waals surface area (Å²) < 4.78 is 2.30. The Balaban J connectivity index is 1.35. The second-order valence-corrected chi connectivity index (χ2v) is 11.9. The van der Waals surface area contributed by atoms with Gasteiger partial charge in [-0.2, -0.15) is 0 Å². The first-order chi connectivity index (χ1) is 15.2. The number of likely N-dealkylation sites (N-methyl/N-ethyl adjacent to an activating group) is 1. The number of nitrogens with zero attached hydrogens (tertiary/aromatic N) is 3. The molecule has 2 aromatic rings. The Morgan fingerprint density at radius 2 is 1.88 bits per heavy atom. The molecule has 2 heterocycles. The molecule has 3 fully saturated rings. The Hall–Kier alpha value is -1.81. The lowest BCUT2D eigenvalue weighted by molar-refractivity contribution is -0.138. The number of carbonyl (C=O) groups is 1. The van der Waals surface area contributed by atoms with Crippen molar-refractivity contribution in [2.24, 2.45) is 35.6 Å². The highest BCUT2D eigenvalue weighted by atomic mass is 35.5. The van der Waals surface area contributed by atoms with E-state index in [1.807, 2.05) is 30.2 Å². The fourth-order valence-corrected chi connectivity index (χ4v) is 8.82. The summed E-state index contributed by atoms with van der Waals surface area (Å²) >= 11 is 6.29. The van der Waals surface area contributed by atoms with Crippen molar-refractivity contribution in [1.82, 2.24) is 14.5 Å². The lowest BCUT2D eigenvalue weighted by Crippen LogP contribution is -2.59. The average molecular weight is 452 g/mol. The maximum absolute atomic E-state index is 12.3. The van der Waals surface area contributed by atoms with Crippen LogP contribution < -0.4 is 0 Å².